The molecule has 0 saturated carbocycles. The number of hydrogen-bond donors (Lipinski definition) is 1. The van der Waals surface area contributed by atoms with Gasteiger partial charge in [0, 0.05) is 7.05 Å². The first kappa shape index (κ1) is 9.63. The third-order valence-corrected chi connectivity index (χ3v) is 1.60. The van der Waals surface area contributed by atoms with Crippen LogP contribution in [0.5, 0.6) is 0 Å². The summed E-state index contributed by atoms with van der Waals surface area (Å²) in [6.45, 7) is 2.92. The lowest BCUT2D eigenvalue weighted by Gasteiger charge is -2.10. The number of rotatable bonds is 1. The topological polar surface area (TPSA) is 43.8 Å². The Hall–Kier alpha value is -1.46. The van der Waals surface area contributed by atoms with E-state index >= 15 is 0 Å². The zero-order chi connectivity index (χ0) is 10.2. The van der Waals surface area contributed by atoms with E-state index in [2.05, 4.69) is 11.7 Å². The number of nitrogen functional groups attached to an aromatic ring is 1. The predicted octanol–water partition coefficient (Wildman–Crippen LogP) is 1.58. The van der Waals surface area contributed by atoms with Crippen molar-refractivity contribution in [3.8, 4) is 0 Å². The fourth-order valence-electron chi connectivity index (χ4n) is 0.958. The Bertz CT molecular complexity index is 318. The Kier molecular flexibility index (Phi) is 2.07. The average Bonchev–Trinajstić information content (AvgIpc) is 2.28. The van der Waals surface area contributed by atoms with E-state index in [9.17, 15) is 13.2 Å². The van der Waals surface area contributed by atoms with Crippen molar-refractivity contribution in [3.63, 3.8) is 0 Å². The minimum atomic E-state index is -4.47. The molecule has 1 aromatic heterocycles. The minimum Gasteiger partial charge on any atom is -0.396 e. The highest BCUT2D eigenvalue weighted by Gasteiger charge is 2.35. The highest BCUT2D eigenvalue weighted by Crippen LogP contribution is 2.34. The number of hydrogen-bond acceptors (Lipinski definition) is 2. The molecule has 1 heterocycles. The molecule has 72 valence electrons. The van der Waals surface area contributed by atoms with Gasteiger partial charge in [0.1, 0.15) is 0 Å². The number of nitrogens with two attached hydrogens (primary N) is 1. The maximum Gasteiger partial charge on any atom is 0.417 e. The molecule has 0 bridgehead atoms. The molecule has 1 aromatic rings. The monoisotopic (exact) mass is 191 g/mol. The Balaban J connectivity index is 3.16. The van der Waals surface area contributed by atoms with E-state index in [1.807, 2.05) is 0 Å². The summed E-state index contributed by atoms with van der Waals surface area (Å²) in [6, 6.07) is 0. The van der Waals surface area contributed by atoms with Crippen LogP contribution in [-0.2, 0) is 7.05 Å². The molecule has 0 aliphatic rings. The van der Waals surface area contributed by atoms with Crippen LogP contribution in [0, 0.1) is 0 Å². The van der Waals surface area contributed by atoms with Crippen LogP contribution >= 0.6 is 0 Å². The summed E-state index contributed by atoms with van der Waals surface area (Å²) >= 11 is 0. The minimum absolute atomic E-state index is 0.0233. The summed E-state index contributed by atoms with van der Waals surface area (Å²) in [5, 5.41) is 3.58. The molecular weight excluding hydrogens is 183 g/mol. The van der Waals surface area contributed by atoms with Crippen molar-refractivity contribution < 1.29 is 13.2 Å². The van der Waals surface area contributed by atoms with Crippen LogP contribution in [-0.4, -0.2) is 16.0 Å². The number of allylic oxidation sites excluding steroid dienone is 1. The van der Waals surface area contributed by atoms with Crippen LogP contribution in [0.1, 0.15) is 5.69 Å². The number of halogens is 3. The molecule has 0 aliphatic carbocycles. The number of nitrogens with zero attached hydrogens (tertiary/aromatic N) is 2. The van der Waals surface area contributed by atoms with Crippen LogP contribution in [0.25, 0.3) is 5.57 Å². The highest BCUT2D eigenvalue weighted by molar-refractivity contribution is 5.73. The Labute approximate surface area is 72.6 Å². The Morgan fingerprint density at radius 2 is 2.15 bits per heavy atom. The molecule has 0 unspecified atom stereocenters. The summed E-state index contributed by atoms with van der Waals surface area (Å²) < 4.78 is 37.6. The van der Waals surface area contributed by atoms with E-state index in [4.69, 9.17) is 5.73 Å². The maximum atomic E-state index is 12.2. The van der Waals surface area contributed by atoms with Crippen molar-refractivity contribution in [2.45, 2.75) is 6.18 Å². The standard InChI is InChI=1S/C7H8F3N3/c1-4(7(8,9)10)6-5(11)3-12-13(6)2/h3H,1,11H2,2H3. The van der Waals surface area contributed by atoms with Crippen molar-refractivity contribution in [2.24, 2.45) is 7.05 Å². The SMILES string of the molecule is C=C(c1c(N)cnn1C)C(F)(F)F. The van der Waals surface area contributed by atoms with Gasteiger partial charge >= 0.3 is 6.18 Å². The van der Waals surface area contributed by atoms with E-state index in [1.54, 1.807) is 0 Å². The Morgan fingerprint density at radius 1 is 1.62 bits per heavy atom. The molecule has 0 aromatic carbocycles. The fourth-order valence-corrected chi connectivity index (χ4v) is 0.958. The van der Waals surface area contributed by atoms with Crippen molar-refractivity contribution in [1.82, 2.24) is 9.78 Å². The lowest BCUT2D eigenvalue weighted by atomic mass is 10.2. The molecular formula is C7H8F3N3. The van der Waals surface area contributed by atoms with Gasteiger partial charge < -0.3 is 5.73 Å². The lowest BCUT2D eigenvalue weighted by Crippen LogP contribution is -2.13. The second-order valence-electron chi connectivity index (χ2n) is 2.55. The third kappa shape index (κ3) is 1.66. The molecule has 0 atom stereocenters. The molecule has 1 rings (SSSR count). The first-order chi connectivity index (χ1) is 5.84. The van der Waals surface area contributed by atoms with E-state index < -0.39 is 11.7 Å². The summed E-state index contributed by atoms with van der Waals surface area (Å²) in [7, 11) is 1.38. The van der Waals surface area contributed by atoms with E-state index in [0.717, 1.165) is 10.9 Å². The molecule has 0 spiro atoms. The van der Waals surface area contributed by atoms with E-state index in [-0.39, 0.29) is 11.4 Å². The number of anilines is 1. The van der Waals surface area contributed by atoms with Gasteiger partial charge in [0.2, 0.25) is 0 Å². The van der Waals surface area contributed by atoms with Gasteiger partial charge in [0.25, 0.3) is 0 Å². The molecule has 0 radical (unpaired) electrons. The van der Waals surface area contributed by atoms with Crippen LogP contribution in [0.2, 0.25) is 0 Å². The first-order valence-electron chi connectivity index (χ1n) is 3.38. The van der Waals surface area contributed by atoms with Crippen molar-refractivity contribution in [3.05, 3.63) is 18.5 Å². The van der Waals surface area contributed by atoms with Crippen LogP contribution in [0.15, 0.2) is 12.8 Å². The summed E-state index contributed by atoms with van der Waals surface area (Å²) in [6.07, 6.45) is -3.31. The fraction of sp³-hybridized carbons (Fsp3) is 0.286. The van der Waals surface area contributed by atoms with Gasteiger partial charge in [0.15, 0.2) is 0 Å². The number of alkyl halides is 3. The van der Waals surface area contributed by atoms with Crippen LogP contribution in [0.3, 0.4) is 0 Å². The van der Waals surface area contributed by atoms with Gasteiger partial charge in [0.05, 0.1) is 23.2 Å². The zero-order valence-electron chi connectivity index (χ0n) is 6.89. The smallest absolute Gasteiger partial charge is 0.396 e. The van der Waals surface area contributed by atoms with Gasteiger partial charge in [-0.25, -0.2) is 0 Å². The second-order valence-corrected chi connectivity index (χ2v) is 2.55. The van der Waals surface area contributed by atoms with Gasteiger partial charge in [-0.15, -0.1) is 0 Å². The molecule has 2 N–H and O–H groups in total. The summed E-state index contributed by atoms with van der Waals surface area (Å²) in [5.41, 5.74) is 4.10. The van der Waals surface area contributed by atoms with Crippen LogP contribution in [0.4, 0.5) is 18.9 Å². The quantitative estimate of drug-likeness (QED) is 0.732. The molecule has 0 saturated heterocycles. The third-order valence-electron chi connectivity index (χ3n) is 1.60. The maximum absolute atomic E-state index is 12.2. The average molecular weight is 191 g/mol. The van der Waals surface area contributed by atoms with Gasteiger partial charge in [-0.05, 0) is 0 Å². The first-order valence-corrected chi connectivity index (χ1v) is 3.38. The normalized spacial score (nSPS) is 11.7. The number of aromatic nitrogens is 2. The molecule has 6 heteroatoms. The largest absolute Gasteiger partial charge is 0.417 e. The molecule has 0 aliphatic heterocycles. The molecule has 0 amide bonds. The molecule has 0 fully saturated rings. The molecule has 3 nitrogen and oxygen atoms in total. The molecule has 13 heavy (non-hydrogen) atoms. The van der Waals surface area contributed by atoms with Crippen molar-refractivity contribution >= 4 is 11.3 Å². The van der Waals surface area contributed by atoms with Crippen LogP contribution < -0.4 is 5.73 Å². The zero-order valence-corrected chi connectivity index (χ0v) is 6.89. The van der Waals surface area contributed by atoms with Crippen molar-refractivity contribution in [1.29, 1.82) is 0 Å². The second kappa shape index (κ2) is 2.79. The van der Waals surface area contributed by atoms with Crippen molar-refractivity contribution in [2.75, 3.05) is 5.73 Å². The van der Waals surface area contributed by atoms with E-state index in [1.165, 1.54) is 7.05 Å². The number of aryl methyl sites for hydroxylation is 1. The van der Waals surface area contributed by atoms with Gasteiger partial charge in [-0.3, -0.25) is 4.68 Å². The predicted molar refractivity (Wildman–Crippen MR) is 42.7 cm³/mol. The van der Waals surface area contributed by atoms with Gasteiger partial charge in [-0.2, -0.15) is 18.3 Å². The van der Waals surface area contributed by atoms with E-state index in [0.29, 0.717) is 0 Å². The lowest BCUT2D eigenvalue weighted by molar-refractivity contribution is -0.0690. The summed E-state index contributed by atoms with van der Waals surface area (Å²) in [5.74, 6) is 0. The van der Waals surface area contributed by atoms with Gasteiger partial charge in [-0.1, -0.05) is 6.58 Å². The summed E-state index contributed by atoms with van der Waals surface area (Å²) in [4.78, 5) is 0. The Morgan fingerprint density at radius 3 is 2.46 bits per heavy atom. The highest BCUT2D eigenvalue weighted by atomic mass is 19.4.